The molecular weight excluding hydrogens is 388 g/mol. The van der Waals surface area contributed by atoms with Crippen LogP contribution >= 0.6 is 0 Å². The first-order valence-electron chi connectivity index (χ1n) is 9.38. The molecule has 0 radical (unpaired) electrons. The van der Waals surface area contributed by atoms with Crippen LogP contribution in [0.4, 0.5) is 28.0 Å². The molecule has 0 aromatic heterocycles. The molecule has 1 fully saturated rings. The summed E-state index contributed by atoms with van der Waals surface area (Å²) in [5.41, 5.74) is 0.467. The number of amides is 2. The number of halogens is 4. The largest absolute Gasteiger partial charge is 0.490 e. The van der Waals surface area contributed by atoms with Crippen molar-refractivity contribution < 1.29 is 27.1 Å². The molecule has 0 saturated heterocycles. The van der Waals surface area contributed by atoms with Gasteiger partial charge in [0.25, 0.3) is 0 Å². The van der Waals surface area contributed by atoms with E-state index in [0.717, 1.165) is 17.7 Å². The van der Waals surface area contributed by atoms with Crippen molar-refractivity contribution in [1.82, 2.24) is 5.32 Å². The van der Waals surface area contributed by atoms with E-state index in [9.17, 15) is 22.4 Å². The highest BCUT2D eigenvalue weighted by Gasteiger charge is 2.30. The lowest BCUT2D eigenvalue weighted by Gasteiger charge is -2.29. The zero-order valence-electron chi connectivity index (χ0n) is 15.9. The van der Waals surface area contributed by atoms with Gasteiger partial charge >= 0.3 is 12.2 Å². The van der Waals surface area contributed by atoms with Crippen LogP contribution in [0.3, 0.4) is 0 Å². The molecule has 1 aliphatic rings. The Morgan fingerprint density at radius 2 is 1.69 bits per heavy atom. The summed E-state index contributed by atoms with van der Waals surface area (Å²) in [7, 11) is 0. The Morgan fingerprint density at radius 3 is 2.31 bits per heavy atom. The van der Waals surface area contributed by atoms with E-state index in [1.807, 2.05) is 0 Å². The molecule has 3 rings (SSSR count). The first-order valence-corrected chi connectivity index (χ1v) is 9.38. The number of ether oxygens (including phenoxy) is 1. The maximum Gasteiger partial charge on any atom is 0.416 e. The number of hydrogen-bond acceptors (Lipinski definition) is 2. The first-order chi connectivity index (χ1) is 13.7. The van der Waals surface area contributed by atoms with Crippen molar-refractivity contribution >= 4 is 11.7 Å². The van der Waals surface area contributed by atoms with E-state index in [1.165, 1.54) is 24.3 Å². The molecule has 0 spiro atoms. The lowest BCUT2D eigenvalue weighted by atomic mass is 9.93. The number of anilines is 1. The maximum atomic E-state index is 13.3. The second-order valence-electron chi connectivity index (χ2n) is 7.17. The first kappa shape index (κ1) is 21.0. The number of hydrogen-bond donors (Lipinski definition) is 2. The molecular formula is C21H22F4N2O2. The minimum atomic E-state index is -4.37. The molecule has 2 N–H and O–H groups in total. The van der Waals surface area contributed by atoms with Crippen LogP contribution in [0.25, 0.3) is 0 Å². The van der Waals surface area contributed by atoms with Crippen molar-refractivity contribution in [2.45, 2.75) is 50.9 Å². The number of aryl methyl sites for hydroxylation is 1. The highest BCUT2D eigenvalue weighted by molar-refractivity contribution is 5.90. The molecule has 29 heavy (non-hydrogen) atoms. The van der Waals surface area contributed by atoms with Gasteiger partial charge in [0.15, 0.2) is 0 Å². The summed E-state index contributed by atoms with van der Waals surface area (Å²) in [6, 6.07) is 8.39. The SMILES string of the molecule is Cc1ccc(F)cc1NC(=O)N[C@H]1CC[C@H](Oc2ccc(C(F)(F)F)cc2)CC1. The van der Waals surface area contributed by atoms with Crippen molar-refractivity contribution in [3.63, 3.8) is 0 Å². The summed E-state index contributed by atoms with van der Waals surface area (Å²) >= 11 is 0. The van der Waals surface area contributed by atoms with Crippen LogP contribution in [-0.4, -0.2) is 18.2 Å². The zero-order chi connectivity index (χ0) is 21.0. The molecule has 0 atom stereocenters. The van der Waals surface area contributed by atoms with Crippen molar-refractivity contribution in [3.05, 3.63) is 59.4 Å². The third kappa shape index (κ3) is 5.85. The fourth-order valence-corrected chi connectivity index (χ4v) is 3.31. The van der Waals surface area contributed by atoms with Gasteiger partial charge in [-0.25, -0.2) is 9.18 Å². The summed E-state index contributed by atoms with van der Waals surface area (Å²) in [5, 5.41) is 5.52. The third-order valence-corrected chi connectivity index (χ3v) is 4.94. The molecule has 2 aromatic rings. The third-order valence-electron chi connectivity index (χ3n) is 4.94. The highest BCUT2D eigenvalue weighted by Crippen LogP contribution is 2.31. The molecule has 2 amide bonds. The molecule has 1 saturated carbocycles. The van der Waals surface area contributed by atoms with Crippen LogP contribution in [0.2, 0.25) is 0 Å². The number of rotatable bonds is 4. The Labute approximate surface area is 166 Å². The van der Waals surface area contributed by atoms with Gasteiger partial charge in [0.05, 0.1) is 11.7 Å². The number of carbonyl (C=O) groups is 1. The lowest BCUT2D eigenvalue weighted by molar-refractivity contribution is -0.137. The van der Waals surface area contributed by atoms with Gasteiger partial charge in [-0.05, 0) is 74.6 Å². The molecule has 0 bridgehead atoms. The van der Waals surface area contributed by atoms with Gasteiger partial charge in [-0.2, -0.15) is 13.2 Å². The van der Waals surface area contributed by atoms with Gasteiger partial charge in [0, 0.05) is 11.7 Å². The Bertz CT molecular complexity index is 845. The Kier molecular flexibility index (Phi) is 6.30. The fourth-order valence-electron chi connectivity index (χ4n) is 3.31. The average molecular weight is 410 g/mol. The van der Waals surface area contributed by atoms with Crippen LogP contribution in [-0.2, 0) is 6.18 Å². The second-order valence-corrected chi connectivity index (χ2v) is 7.17. The number of nitrogens with one attached hydrogen (secondary N) is 2. The summed E-state index contributed by atoms with van der Waals surface area (Å²) in [4.78, 5) is 12.2. The minimum Gasteiger partial charge on any atom is -0.490 e. The molecule has 0 heterocycles. The fraction of sp³-hybridized carbons (Fsp3) is 0.381. The molecule has 2 aromatic carbocycles. The van der Waals surface area contributed by atoms with Gasteiger partial charge in [0.2, 0.25) is 0 Å². The monoisotopic (exact) mass is 410 g/mol. The van der Waals surface area contributed by atoms with E-state index in [-0.39, 0.29) is 12.1 Å². The number of urea groups is 1. The number of benzene rings is 2. The van der Waals surface area contributed by atoms with Crippen molar-refractivity contribution in [2.75, 3.05) is 5.32 Å². The summed E-state index contributed by atoms with van der Waals surface area (Å²) in [6.45, 7) is 1.78. The standard InChI is InChI=1S/C21H22F4N2O2/c1-13-2-5-15(22)12-19(13)27-20(28)26-16-6-10-18(11-7-16)29-17-8-3-14(4-9-17)21(23,24)25/h2-5,8-9,12,16,18H,6-7,10-11H2,1H3,(H2,26,27,28)/t16-,18-. The van der Waals surface area contributed by atoms with Crippen LogP contribution in [0.5, 0.6) is 5.75 Å². The molecule has 8 heteroatoms. The summed E-state index contributed by atoms with van der Waals surface area (Å²) in [5.74, 6) is -0.0273. The predicted molar refractivity (Wildman–Crippen MR) is 101 cm³/mol. The quantitative estimate of drug-likeness (QED) is 0.639. The van der Waals surface area contributed by atoms with Crippen LogP contribution in [0, 0.1) is 12.7 Å². The molecule has 1 aliphatic carbocycles. The normalized spacial score (nSPS) is 19.5. The van der Waals surface area contributed by atoms with E-state index >= 15 is 0 Å². The van der Waals surface area contributed by atoms with E-state index in [0.29, 0.717) is 37.1 Å². The number of carbonyl (C=O) groups excluding carboxylic acids is 1. The van der Waals surface area contributed by atoms with Crippen molar-refractivity contribution in [1.29, 1.82) is 0 Å². The smallest absolute Gasteiger partial charge is 0.416 e. The molecule has 0 unspecified atom stereocenters. The van der Waals surface area contributed by atoms with Gasteiger partial charge in [-0.3, -0.25) is 0 Å². The highest BCUT2D eigenvalue weighted by atomic mass is 19.4. The topological polar surface area (TPSA) is 50.4 Å². The average Bonchev–Trinajstić information content (AvgIpc) is 2.66. The van der Waals surface area contributed by atoms with Crippen LogP contribution in [0.1, 0.15) is 36.8 Å². The van der Waals surface area contributed by atoms with Crippen LogP contribution in [0.15, 0.2) is 42.5 Å². The van der Waals surface area contributed by atoms with Gasteiger partial charge < -0.3 is 15.4 Å². The lowest BCUT2D eigenvalue weighted by Crippen LogP contribution is -2.41. The van der Waals surface area contributed by atoms with Gasteiger partial charge in [0.1, 0.15) is 11.6 Å². The predicted octanol–water partition coefficient (Wildman–Crippen LogP) is 5.66. The second kappa shape index (κ2) is 8.71. The van der Waals surface area contributed by atoms with E-state index in [2.05, 4.69) is 10.6 Å². The number of alkyl halides is 3. The minimum absolute atomic E-state index is 0.0451. The molecule has 0 aliphatic heterocycles. The maximum absolute atomic E-state index is 13.3. The van der Waals surface area contributed by atoms with E-state index in [4.69, 9.17) is 4.74 Å². The van der Waals surface area contributed by atoms with Gasteiger partial charge in [-0.15, -0.1) is 0 Å². The summed E-state index contributed by atoms with van der Waals surface area (Å²) in [6.07, 6.45) is -1.77. The van der Waals surface area contributed by atoms with E-state index < -0.39 is 23.6 Å². The summed E-state index contributed by atoms with van der Waals surface area (Å²) < 4.78 is 56.9. The molecule has 4 nitrogen and oxygen atoms in total. The van der Waals surface area contributed by atoms with E-state index in [1.54, 1.807) is 13.0 Å². The Balaban J connectivity index is 1.45. The zero-order valence-corrected chi connectivity index (χ0v) is 15.9. The van der Waals surface area contributed by atoms with Crippen molar-refractivity contribution in [2.24, 2.45) is 0 Å². The Morgan fingerprint density at radius 1 is 1.03 bits per heavy atom. The van der Waals surface area contributed by atoms with Gasteiger partial charge in [-0.1, -0.05) is 6.07 Å². The Hall–Kier alpha value is -2.77. The van der Waals surface area contributed by atoms with Crippen LogP contribution < -0.4 is 15.4 Å². The molecule has 156 valence electrons. The van der Waals surface area contributed by atoms with Crippen molar-refractivity contribution in [3.8, 4) is 5.75 Å².